The van der Waals surface area contributed by atoms with Crippen LogP contribution < -0.4 is 21.1 Å². The molecule has 1 aliphatic rings. The van der Waals surface area contributed by atoms with Crippen LogP contribution in [0.1, 0.15) is 5.82 Å². The summed E-state index contributed by atoms with van der Waals surface area (Å²) in [4.78, 5) is 29.3. The van der Waals surface area contributed by atoms with Crippen molar-refractivity contribution in [2.75, 3.05) is 38.7 Å². The number of halogens is 1. The van der Waals surface area contributed by atoms with Gasteiger partial charge in [-0.2, -0.15) is 0 Å². The molecular weight excluding hydrogens is 517 g/mol. The summed E-state index contributed by atoms with van der Waals surface area (Å²) < 4.78 is 30.6. The molecule has 0 spiro atoms. The lowest BCUT2D eigenvalue weighted by atomic mass is 10.1. The zero-order valence-electron chi connectivity index (χ0n) is 21.9. The van der Waals surface area contributed by atoms with E-state index in [1.54, 1.807) is 31.5 Å². The Morgan fingerprint density at radius 2 is 1.95 bits per heavy atom. The van der Waals surface area contributed by atoms with Gasteiger partial charge < -0.3 is 35.6 Å². The van der Waals surface area contributed by atoms with Gasteiger partial charge in [0.15, 0.2) is 6.29 Å². The number of imidazole rings is 1. The zero-order chi connectivity index (χ0) is 27.9. The Kier molecular flexibility index (Phi) is 8.59. The van der Waals surface area contributed by atoms with Gasteiger partial charge in [0.2, 0.25) is 11.9 Å². The number of amides is 1. The van der Waals surface area contributed by atoms with E-state index in [4.69, 9.17) is 24.9 Å². The Hall–Kier alpha value is -4.39. The molecule has 2 aromatic carbocycles. The molecule has 4 aromatic rings. The number of H-pyrrole nitrogens is 1. The van der Waals surface area contributed by atoms with Gasteiger partial charge in [0.25, 0.3) is 0 Å². The molecule has 0 radical (unpaired) electrons. The monoisotopic (exact) mass is 547 g/mol. The molecule has 5 N–H and O–H groups in total. The Morgan fingerprint density at radius 1 is 1.15 bits per heavy atom. The summed E-state index contributed by atoms with van der Waals surface area (Å²) >= 11 is 0. The maximum absolute atomic E-state index is 13.7. The molecule has 208 valence electrons. The molecule has 1 fully saturated rings. The minimum Gasteiger partial charge on any atom is -0.497 e. The standard InChI is InChI=1S/C28H30FN7O4/c1-38-21-4-2-3-20(13-21)33-28-32-11-9-22(34-28)26-25(17-5-7-19(29)8-6-17)35-23(36-26)14-24-39-15-18(16-40-24)27(37)31-12-10-30/h2-9,11,13,18,24H,10,12,14-16,30H2,1H3,(H,31,37)(H,35,36)(H,32,33,34). The van der Waals surface area contributed by atoms with Gasteiger partial charge in [-0.1, -0.05) is 6.07 Å². The molecule has 0 saturated carbocycles. The summed E-state index contributed by atoms with van der Waals surface area (Å²) in [7, 11) is 1.60. The second-order valence-corrected chi connectivity index (χ2v) is 9.11. The topological polar surface area (TPSA) is 149 Å². The van der Waals surface area contributed by atoms with Crippen LogP contribution in [0.5, 0.6) is 5.75 Å². The van der Waals surface area contributed by atoms with Gasteiger partial charge in [0.05, 0.1) is 49.7 Å². The zero-order valence-corrected chi connectivity index (χ0v) is 21.9. The van der Waals surface area contributed by atoms with Crippen LogP contribution in [0.3, 0.4) is 0 Å². The maximum Gasteiger partial charge on any atom is 0.227 e. The van der Waals surface area contributed by atoms with Crippen molar-refractivity contribution in [2.24, 2.45) is 11.7 Å². The lowest BCUT2D eigenvalue weighted by molar-refractivity contribution is -0.200. The summed E-state index contributed by atoms with van der Waals surface area (Å²) in [5, 5.41) is 5.94. The molecule has 1 saturated heterocycles. The van der Waals surface area contributed by atoms with Gasteiger partial charge in [-0.25, -0.2) is 19.3 Å². The molecule has 3 heterocycles. The van der Waals surface area contributed by atoms with Gasteiger partial charge in [-0.05, 0) is 42.5 Å². The summed E-state index contributed by atoms with van der Waals surface area (Å²) in [5.74, 6) is 0.775. The number of anilines is 2. The predicted octanol–water partition coefficient (Wildman–Crippen LogP) is 3.03. The summed E-state index contributed by atoms with van der Waals surface area (Å²) in [6, 6.07) is 15.3. The Morgan fingerprint density at radius 3 is 2.70 bits per heavy atom. The SMILES string of the molecule is COc1cccc(Nc2nccc(-c3[nH]c(CC4OCC(C(=O)NCCN)CO4)nc3-c3ccc(F)cc3)n2)c1. The minimum absolute atomic E-state index is 0.148. The molecule has 12 heteroatoms. The molecule has 11 nitrogen and oxygen atoms in total. The van der Waals surface area contributed by atoms with Crippen molar-refractivity contribution in [1.82, 2.24) is 25.3 Å². The highest BCUT2D eigenvalue weighted by Crippen LogP contribution is 2.31. The third-order valence-corrected chi connectivity index (χ3v) is 6.25. The van der Waals surface area contributed by atoms with Crippen LogP contribution in [0.15, 0.2) is 60.8 Å². The van der Waals surface area contributed by atoms with Crippen LogP contribution in [0.2, 0.25) is 0 Å². The van der Waals surface area contributed by atoms with E-state index in [2.05, 4.69) is 25.6 Å². The number of nitrogens with two attached hydrogens (primary N) is 1. The lowest BCUT2D eigenvalue weighted by Gasteiger charge is -2.28. The third-order valence-electron chi connectivity index (χ3n) is 6.25. The van der Waals surface area contributed by atoms with Gasteiger partial charge in [0, 0.05) is 36.6 Å². The van der Waals surface area contributed by atoms with E-state index in [1.165, 1.54) is 12.1 Å². The number of aromatic nitrogens is 4. The van der Waals surface area contributed by atoms with Crippen LogP contribution in [-0.4, -0.2) is 65.5 Å². The van der Waals surface area contributed by atoms with Crippen molar-refractivity contribution in [3.05, 3.63) is 72.4 Å². The first-order valence-electron chi connectivity index (χ1n) is 12.8. The number of nitrogens with zero attached hydrogens (tertiary/aromatic N) is 3. The number of benzene rings is 2. The van der Waals surface area contributed by atoms with Crippen molar-refractivity contribution >= 4 is 17.5 Å². The summed E-state index contributed by atoms with van der Waals surface area (Å²) in [6.45, 7) is 1.22. The van der Waals surface area contributed by atoms with E-state index in [0.717, 1.165) is 5.69 Å². The third kappa shape index (κ3) is 6.60. The van der Waals surface area contributed by atoms with Gasteiger partial charge in [-0.3, -0.25) is 4.79 Å². The highest BCUT2D eigenvalue weighted by atomic mass is 19.1. The molecule has 5 rings (SSSR count). The molecule has 1 amide bonds. The largest absolute Gasteiger partial charge is 0.497 e. The highest BCUT2D eigenvalue weighted by Gasteiger charge is 2.28. The van der Waals surface area contributed by atoms with Crippen LogP contribution >= 0.6 is 0 Å². The number of rotatable bonds is 10. The normalized spacial score (nSPS) is 16.9. The van der Waals surface area contributed by atoms with Crippen molar-refractivity contribution in [2.45, 2.75) is 12.7 Å². The number of hydrogen-bond acceptors (Lipinski definition) is 9. The van der Waals surface area contributed by atoms with E-state index < -0.39 is 12.2 Å². The average molecular weight is 548 g/mol. The number of methoxy groups -OCH3 is 1. The first-order chi connectivity index (χ1) is 19.5. The second kappa shape index (κ2) is 12.6. The highest BCUT2D eigenvalue weighted by molar-refractivity contribution is 5.79. The summed E-state index contributed by atoms with van der Waals surface area (Å²) in [6.07, 6.45) is 1.36. The maximum atomic E-state index is 13.7. The van der Waals surface area contributed by atoms with E-state index >= 15 is 0 Å². The molecule has 0 bridgehead atoms. The van der Waals surface area contributed by atoms with Crippen molar-refractivity contribution in [1.29, 1.82) is 0 Å². The Balaban J connectivity index is 1.37. The second-order valence-electron chi connectivity index (χ2n) is 9.11. The van der Waals surface area contributed by atoms with Crippen LogP contribution in [-0.2, 0) is 20.7 Å². The van der Waals surface area contributed by atoms with Crippen molar-refractivity contribution < 1.29 is 23.4 Å². The lowest BCUT2D eigenvalue weighted by Crippen LogP contribution is -2.43. The van der Waals surface area contributed by atoms with Crippen LogP contribution in [0.4, 0.5) is 16.0 Å². The van der Waals surface area contributed by atoms with Gasteiger partial charge in [0.1, 0.15) is 17.4 Å². The number of ether oxygens (including phenoxy) is 3. The van der Waals surface area contributed by atoms with E-state index in [-0.39, 0.29) is 24.9 Å². The fraction of sp³-hybridized carbons (Fsp3) is 0.286. The molecule has 0 atom stereocenters. The number of aromatic amines is 1. The smallest absolute Gasteiger partial charge is 0.227 e. The molecule has 0 unspecified atom stereocenters. The van der Waals surface area contributed by atoms with Gasteiger partial charge in [-0.15, -0.1) is 0 Å². The number of carbonyl (C=O) groups is 1. The first-order valence-corrected chi connectivity index (χ1v) is 12.8. The fourth-order valence-electron chi connectivity index (χ4n) is 4.22. The summed E-state index contributed by atoms with van der Waals surface area (Å²) in [5.41, 5.74) is 8.74. The fourth-order valence-corrected chi connectivity index (χ4v) is 4.22. The van der Waals surface area contributed by atoms with Crippen LogP contribution in [0.25, 0.3) is 22.6 Å². The molecule has 40 heavy (non-hydrogen) atoms. The molecule has 2 aromatic heterocycles. The quantitative estimate of drug-likeness (QED) is 0.235. The van der Waals surface area contributed by atoms with Crippen LogP contribution in [0, 0.1) is 11.7 Å². The number of hydrogen-bond donors (Lipinski definition) is 4. The minimum atomic E-state index is -0.589. The Bertz CT molecular complexity index is 1440. The Labute approximate surface area is 230 Å². The van der Waals surface area contributed by atoms with E-state index in [0.29, 0.717) is 59.7 Å². The van der Waals surface area contributed by atoms with E-state index in [1.807, 2.05) is 24.3 Å². The van der Waals surface area contributed by atoms with Crippen molar-refractivity contribution in [3.63, 3.8) is 0 Å². The predicted molar refractivity (Wildman–Crippen MR) is 146 cm³/mol. The number of nitrogens with one attached hydrogen (secondary N) is 3. The molecule has 1 aliphatic heterocycles. The van der Waals surface area contributed by atoms with Crippen molar-refractivity contribution in [3.8, 4) is 28.4 Å². The van der Waals surface area contributed by atoms with E-state index in [9.17, 15) is 9.18 Å². The average Bonchev–Trinajstić information content (AvgIpc) is 3.40. The van der Waals surface area contributed by atoms with Gasteiger partial charge >= 0.3 is 0 Å². The molecular formula is C28H30FN7O4. The first kappa shape index (κ1) is 27.2. The number of carbonyl (C=O) groups excluding carboxylic acids is 1. The molecule has 0 aliphatic carbocycles.